The average Bonchev–Trinajstić information content (AvgIpc) is 3.40. The van der Waals surface area contributed by atoms with E-state index in [4.69, 9.17) is 4.98 Å². The van der Waals surface area contributed by atoms with Gasteiger partial charge in [0.25, 0.3) is 0 Å². The van der Waals surface area contributed by atoms with Gasteiger partial charge in [0.15, 0.2) is 0 Å². The first-order valence-electron chi connectivity index (χ1n) is 13.6. The van der Waals surface area contributed by atoms with E-state index < -0.39 is 0 Å². The van der Waals surface area contributed by atoms with Crippen LogP contribution < -0.4 is 0 Å². The average molecular weight is 503 g/mol. The number of carbonyl (C=O) groups excluding carboxylic acids is 1. The van der Waals surface area contributed by atoms with Crippen molar-refractivity contribution in [2.24, 2.45) is 11.8 Å². The number of carbonyl (C=O) groups is 1. The Morgan fingerprint density at radius 3 is 2.36 bits per heavy atom. The number of benzene rings is 3. The maximum atomic E-state index is 14.4. The van der Waals surface area contributed by atoms with Gasteiger partial charge in [-0.25, -0.2) is 4.98 Å². The van der Waals surface area contributed by atoms with Crippen LogP contribution in [0.15, 0.2) is 133 Å². The summed E-state index contributed by atoms with van der Waals surface area (Å²) in [6.07, 6.45) is 20.3. The van der Waals surface area contributed by atoms with Gasteiger partial charge in [-0.2, -0.15) is 0 Å². The molecule has 8 rings (SSSR count). The molecule has 4 aliphatic rings. The predicted molar refractivity (Wildman–Crippen MR) is 158 cm³/mol. The maximum absolute atomic E-state index is 14.4. The molecule has 3 nitrogen and oxygen atoms in total. The lowest BCUT2D eigenvalue weighted by atomic mass is 9.69. The molecule has 0 N–H and O–H groups in total. The number of nitrogens with zero attached hydrogens (tertiary/aromatic N) is 2. The molecule has 0 saturated heterocycles. The molecule has 1 aliphatic heterocycles. The summed E-state index contributed by atoms with van der Waals surface area (Å²) in [5, 5.41) is 0. The fraction of sp³-hybridized carbons (Fsp3) is 0.111. The fourth-order valence-electron chi connectivity index (χ4n) is 6.69. The van der Waals surface area contributed by atoms with Crippen molar-refractivity contribution < 1.29 is 4.79 Å². The number of fused-ring (bicyclic) bond motifs is 4. The van der Waals surface area contributed by atoms with Gasteiger partial charge in [-0.05, 0) is 52.0 Å². The molecule has 186 valence electrons. The highest BCUT2D eigenvalue weighted by molar-refractivity contribution is 6.04. The number of imidazole rings is 1. The Labute approximate surface area is 227 Å². The van der Waals surface area contributed by atoms with Gasteiger partial charge in [0, 0.05) is 17.4 Å². The Kier molecular flexibility index (Phi) is 4.93. The Hall–Kier alpha value is -4.76. The van der Waals surface area contributed by atoms with Crippen molar-refractivity contribution in [2.75, 3.05) is 0 Å². The van der Waals surface area contributed by atoms with Crippen molar-refractivity contribution in [3.63, 3.8) is 0 Å². The normalized spacial score (nSPS) is 22.7. The van der Waals surface area contributed by atoms with Crippen LogP contribution in [0.1, 0.15) is 34.1 Å². The first-order valence-corrected chi connectivity index (χ1v) is 13.6. The minimum atomic E-state index is -0.253. The Bertz CT molecular complexity index is 1840. The van der Waals surface area contributed by atoms with Crippen LogP contribution in [-0.4, -0.2) is 15.5 Å². The van der Waals surface area contributed by atoms with Crippen molar-refractivity contribution in [2.45, 2.75) is 12.3 Å². The molecule has 1 aromatic heterocycles. The zero-order valence-electron chi connectivity index (χ0n) is 21.4. The number of allylic oxidation sites excluding steroid dienone is 12. The SMILES string of the molecule is O=C1C2C=CC(c3ccccc3)=C3C=CC=C(c4nc5cc(-c6ccccc6)cc(C6C=CC=CC6)c5n41)C32. The van der Waals surface area contributed by atoms with E-state index in [0.29, 0.717) is 0 Å². The zero-order valence-corrected chi connectivity index (χ0v) is 21.4. The van der Waals surface area contributed by atoms with Crippen molar-refractivity contribution >= 4 is 28.1 Å². The molecule has 0 amide bonds. The number of hydrogen-bond acceptors (Lipinski definition) is 2. The first-order chi connectivity index (χ1) is 19.3. The molecule has 0 bridgehead atoms. The molecule has 0 fully saturated rings. The summed E-state index contributed by atoms with van der Waals surface area (Å²) in [5.74, 6) is 0.797. The summed E-state index contributed by atoms with van der Waals surface area (Å²) >= 11 is 0. The molecule has 3 atom stereocenters. The summed E-state index contributed by atoms with van der Waals surface area (Å²) < 4.78 is 1.92. The molecule has 0 spiro atoms. The Balaban J connectivity index is 1.37. The van der Waals surface area contributed by atoms with E-state index in [1.165, 1.54) is 16.7 Å². The maximum Gasteiger partial charge on any atom is 0.240 e. The standard InChI is InChI=1S/C36H26N2O/c39-36-30-20-19-27(24-13-6-2-7-14-24)28-17-10-18-29(33(28)30)35-37-32-22-26(23-11-4-1-5-12-23)21-31(34(32)38(35)36)25-15-8-3-9-16-25/h1-15,17-22,25,30,33H,16H2. The summed E-state index contributed by atoms with van der Waals surface area (Å²) in [6, 6.07) is 25.3. The fourth-order valence-corrected chi connectivity index (χ4v) is 6.69. The van der Waals surface area contributed by atoms with Gasteiger partial charge in [0.2, 0.25) is 5.91 Å². The quantitative estimate of drug-likeness (QED) is 0.283. The van der Waals surface area contributed by atoms with Crippen LogP contribution in [0.4, 0.5) is 0 Å². The third-order valence-corrected chi connectivity index (χ3v) is 8.48. The van der Waals surface area contributed by atoms with Crippen LogP contribution in [0.5, 0.6) is 0 Å². The highest BCUT2D eigenvalue weighted by Gasteiger charge is 2.44. The first kappa shape index (κ1) is 22.2. The largest absolute Gasteiger partial charge is 0.273 e. The summed E-state index contributed by atoms with van der Waals surface area (Å²) in [7, 11) is 0. The van der Waals surface area contributed by atoms with Crippen molar-refractivity contribution in [1.82, 2.24) is 9.55 Å². The molecule has 0 saturated carbocycles. The molecule has 0 radical (unpaired) electrons. The van der Waals surface area contributed by atoms with Crippen LogP contribution in [0.25, 0.3) is 33.3 Å². The van der Waals surface area contributed by atoms with Crippen LogP contribution in [-0.2, 0) is 0 Å². The number of rotatable bonds is 3. The topological polar surface area (TPSA) is 34.9 Å². The lowest BCUT2D eigenvalue weighted by molar-refractivity contribution is 0.0839. The van der Waals surface area contributed by atoms with E-state index in [0.717, 1.165) is 45.5 Å². The second-order valence-electron chi connectivity index (χ2n) is 10.6. The second-order valence-corrected chi connectivity index (χ2v) is 10.6. The van der Waals surface area contributed by atoms with Crippen LogP contribution in [0.2, 0.25) is 0 Å². The molecular formula is C36H26N2O. The highest BCUT2D eigenvalue weighted by Crippen LogP contribution is 2.50. The second kappa shape index (κ2) is 8.64. The van der Waals surface area contributed by atoms with E-state index in [2.05, 4.69) is 115 Å². The highest BCUT2D eigenvalue weighted by atomic mass is 16.2. The Morgan fingerprint density at radius 1 is 0.795 bits per heavy atom. The third kappa shape index (κ3) is 3.36. The van der Waals surface area contributed by atoms with Gasteiger partial charge in [0.05, 0.1) is 17.0 Å². The molecule has 2 heterocycles. The van der Waals surface area contributed by atoms with Crippen molar-refractivity contribution in [1.29, 1.82) is 0 Å². The Morgan fingerprint density at radius 2 is 1.59 bits per heavy atom. The third-order valence-electron chi connectivity index (χ3n) is 8.48. The van der Waals surface area contributed by atoms with E-state index in [1.54, 1.807) is 0 Å². The van der Waals surface area contributed by atoms with Gasteiger partial charge >= 0.3 is 0 Å². The van der Waals surface area contributed by atoms with E-state index in [-0.39, 0.29) is 23.7 Å². The molecule has 3 aliphatic carbocycles. The predicted octanol–water partition coefficient (Wildman–Crippen LogP) is 8.17. The van der Waals surface area contributed by atoms with Gasteiger partial charge < -0.3 is 0 Å². The monoisotopic (exact) mass is 502 g/mol. The lowest BCUT2D eigenvalue weighted by Crippen LogP contribution is -2.37. The number of aromatic nitrogens is 2. The van der Waals surface area contributed by atoms with E-state index in [1.807, 2.05) is 16.7 Å². The minimum absolute atomic E-state index is 0.0263. The molecule has 3 unspecified atom stereocenters. The molecule has 4 aromatic rings. The van der Waals surface area contributed by atoms with E-state index >= 15 is 0 Å². The summed E-state index contributed by atoms with van der Waals surface area (Å²) in [5.41, 5.74) is 9.94. The van der Waals surface area contributed by atoms with Crippen LogP contribution in [0, 0.1) is 11.8 Å². The summed E-state index contributed by atoms with van der Waals surface area (Å²) in [6.45, 7) is 0. The van der Waals surface area contributed by atoms with Gasteiger partial charge in [-0.1, -0.05) is 115 Å². The molecule has 39 heavy (non-hydrogen) atoms. The van der Waals surface area contributed by atoms with Gasteiger partial charge in [0.1, 0.15) is 5.82 Å². The lowest BCUT2D eigenvalue weighted by Gasteiger charge is -2.37. The summed E-state index contributed by atoms with van der Waals surface area (Å²) in [4.78, 5) is 19.6. The van der Waals surface area contributed by atoms with Gasteiger partial charge in [-0.3, -0.25) is 9.36 Å². The molecule has 3 aromatic carbocycles. The smallest absolute Gasteiger partial charge is 0.240 e. The van der Waals surface area contributed by atoms with Crippen LogP contribution >= 0.6 is 0 Å². The van der Waals surface area contributed by atoms with Crippen molar-refractivity contribution in [3.05, 3.63) is 150 Å². The molecular weight excluding hydrogens is 476 g/mol. The number of hydrogen-bond donors (Lipinski definition) is 0. The van der Waals surface area contributed by atoms with Crippen molar-refractivity contribution in [3.8, 4) is 11.1 Å². The zero-order chi connectivity index (χ0) is 25.9. The van der Waals surface area contributed by atoms with Gasteiger partial charge in [-0.15, -0.1) is 0 Å². The van der Waals surface area contributed by atoms with Crippen LogP contribution in [0.3, 0.4) is 0 Å². The molecule has 3 heteroatoms. The minimum Gasteiger partial charge on any atom is -0.273 e. The van der Waals surface area contributed by atoms with E-state index in [9.17, 15) is 4.79 Å².